The zero-order valence-corrected chi connectivity index (χ0v) is 17.0. The summed E-state index contributed by atoms with van der Waals surface area (Å²) in [6.45, 7) is 5.47. The second kappa shape index (κ2) is 8.65. The molecule has 3 aromatic rings. The molecule has 0 aliphatic heterocycles. The van der Waals surface area contributed by atoms with Gasteiger partial charge in [-0.2, -0.15) is 0 Å². The zero-order chi connectivity index (χ0) is 20.1. The van der Waals surface area contributed by atoms with Gasteiger partial charge in [0.15, 0.2) is 0 Å². The number of thioether (sulfide) groups is 1. The van der Waals surface area contributed by atoms with E-state index in [1.54, 1.807) is 6.07 Å². The molecule has 3 nitrogen and oxygen atoms in total. The largest absolute Gasteiger partial charge is 0.489 e. The van der Waals surface area contributed by atoms with Crippen LogP contribution >= 0.6 is 11.8 Å². The van der Waals surface area contributed by atoms with Crippen LogP contribution in [-0.4, -0.2) is 11.0 Å². The molecule has 0 saturated carbocycles. The molecule has 1 heterocycles. The van der Waals surface area contributed by atoms with E-state index in [1.165, 1.54) is 11.8 Å². The number of carbonyl (C=O) groups excluding carboxylic acids is 1. The lowest BCUT2D eigenvalue weighted by atomic mass is 10.1. The van der Waals surface area contributed by atoms with Gasteiger partial charge in [-0.15, -0.1) is 11.8 Å². The fourth-order valence-electron chi connectivity index (χ4n) is 2.77. The topological polar surface area (TPSA) is 39.4 Å². The maximum Gasteiger partial charge on any atom is 0.135 e. The lowest BCUT2D eigenvalue weighted by molar-refractivity contribution is -0.109. The third kappa shape index (κ3) is 4.84. The van der Waals surface area contributed by atoms with Gasteiger partial charge in [0.25, 0.3) is 0 Å². The van der Waals surface area contributed by atoms with E-state index in [2.05, 4.69) is 0 Å². The van der Waals surface area contributed by atoms with Gasteiger partial charge >= 0.3 is 0 Å². The average Bonchev–Trinajstić information content (AvgIpc) is 3.07. The van der Waals surface area contributed by atoms with Crippen molar-refractivity contribution in [3.63, 3.8) is 0 Å². The quantitative estimate of drug-likeness (QED) is 0.326. The predicted octanol–water partition coefficient (Wildman–Crippen LogP) is 6.37. The highest BCUT2D eigenvalue weighted by atomic mass is 32.2. The molecule has 0 N–H and O–H groups in total. The average molecular weight is 398 g/mol. The molecule has 3 rings (SSSR count). The summed E-state index contributed by atoms with van der Waals surface area (Å²) in [6, 6.07) is 16.9. The van der Waals surface area contributed by atoms with Crippen molar-refractivity contribution in [1.29, 1.82) is 0 Å². The van der Waals surface area contributed by atoms with E-state index in [9.17, 15) is 9.18 Å². The molecule has 0 fully saturated rings. The van der Waals surface area contributed by atoms with Crippen molar-refractivity contribution in [2.24, 2.45) is 0 Å². The number of hydrogen-bond acceptors (Lipinski definition) is 4. The molecule has 0 radical (unpaired) electrons. The third-order valence-electron chi connectivity index (χ3n) is 4.33. The molecular formula is C23H23FO3S. The van der Waals surface area contributed by atoms with Crippen molar-refractivity contribution in [3.8, 4) is 17.1 Å². The van der Waals surface area contributed by atoms with Gasteiger partial charge in [0, 0.05) is 16.0 Å². The van der Waals surface area contributed by atoms with Crippen LogP contribution in [0.1, 0.15) is 30.7 Å². The number of aryl methyl sites for hydroxylation is 1. The number of hydrogen-bond donors (Lipinski definition) is 0. The monoisotopic (exact) mass is 398 g/mol. The Kier molecular flexibility index (Phi) is 6.25. The Bertz CT molecular complexity index is 945. The number of benzene rings is 2. The van der Waals surface area contributed by atoms with Crippen molar-refractivity contribution in [1.82, 2.24) is 0 Å². The summed E-state index contributed by atoms with van der Waals surface area (Å²) in [6.07, 6.45) is 0.947. The van der Waals surface area contributed by atoms with Gasteiger partial charge in [-0.1, -0.05) is 24.3 Å². The van der Waals surface area contributed by atoms with Crippen LogP contribution in [0.3, 0.4) is 0 Å². The van der Waals surface area contributed by atoms with Crippen molar-refractivity contribution in [2.75, 3.05) is 0 Å². The Balaban J connectivity index is 1.68. The van der Waals surface area contributed by atoms with Gasteiger partial charge in [-0.25, -0.2) is 4.39 Å². The van der Waals surface area contributed by atoms with Gasteiger partial charge in [-0.3, -0.25) is 0 Å². The molecule has 146 valence electrons. The highest BCUT2D eigenvalue weighted by Crippen LogP contribution is 2.32. The van der Waals surface area contributed by atoms with Gasteiger partial charge in [0.2, 0.25) is 0 Å². The summed E-state index contributed by atoms with van der Waals surface area (Å²) in [7, 11) is 0. The first-order valence-electron chi connectivity index (χ1n) is 9.03. The van der Waals surface area contributed by atoms with Crippen LogP contribution in [0.2, 0.25) is 0 Å². The summed E-state index contributed by atoms with van der Waals surface area (Å²) in [4.78, 5) is 12.1. The molecule has 0 aliphatic rings. The highest BCUT2D eigenvalue weighted by Gasteiger charge is 2.18. The lowest BCUT2D eigenvalue weighted by Gasteiger charge is -2.16. The number of rotatable bonds is 8. The minimum atomic E-state index is -0.535. The van der Waals surface area contributed by atoms with E-state index < -0.39 is 11.4 Å². The van der Waals surface area contributed by atoms with Crippen LogP contribution in [0.15, 0.2) is 63.9 Å². The molecular weight excluding hydrogens is 375 g/mol. The number of halogens is 1. The Morgan fingerprint density at radius 2 is 1.82 bits per heavy atom. The Morgan fingerprint density at radius 3 is 2.50 bits per heavy atom. The fraction of sp³-hybridized carbons (Fsp3) is 0.261. The lowest BCUT2D eigenvalue weighted by Crippen LogP contribution is -2.15. The number of ether oxygens (including phenoxy) is 1. The Hall–Kier alpha value is -2.53. The van der Waals surface area contributed by atoms with E-state index in [1.807, 2.05) is 69.3 Å². The number of aldehydes is 1. The second-order valence-electron chi connectivity index (χ2n) is 7.07. The number of carbonyl (C=O) groups is 1. The maximum atomic E-state index is 13.2. The third-order valence-corrected chi connectivity index (χ3v) is 5.46. The van der Waals surface area contributed by atoms with E-state index in [0.29, 0.717) is 17.9 Å². The summed E-state index contributed by atoms with van der Waals surface area (Å²) in [5, 5.41) is 0. The zero-order valence-electron chi connectivity index (χ0n) is 16.2. The Labute approximate surface area is 168 Å². The molecule has 0 saturated heterocycles. The van der Waals surface area contributed by atoms with Crippen LogP contribution in [0, 0.1) is 6.92 Å². The predicted molar refractivity (Wildman–Crippen MR) is 110 cm³/mol. The van der Waals surface area contributed by atoms with Crippen LogP contribution in [0.5, 0.6) is 5.75 Å². The number of furan rings is 1. The van der Waals surface area contributed by atoms with Crippen LogP contribution in [-0.2, 0) is 18.1 Å². The molecule has 0 amide bonds. The molecule has 0 bridgehead atoms. The van der Waals surface area contributed by atoms with Crippen LogP contribution in [0.4, 0.5) is 4.39 Å². The first-order chi connectivity index (χ1) is 13.4. The van der Waals surface area contributed by atoms with Gasteiger partial charge in [0.1, 0.15) is 36.8 Å². The van der Waals surface area contributed by atoms with Crippen molar-refractivity contribution < 1.29 is 18.3 Å². The van der Waals surface area contributed by atoms with Gasteiger partial charge in [-0.05, 0) is 56.7 Å². The van der Waals surface area contributed by atoms with Crippen molar-refractivity contribution >= 4 is 18.0 Å². The van der Waals surface area contributed by atoms with Gasteiger partial charge in [0.05, 0.1) is 4.75 Å². The summed E-state index contributed by atoms with van der Waals surface area (Å²) in [5.41, 5.74) is 2.29. The molecule has 5 heteroatoms. The first kappa shape index (κ1) is 20.2. The SMILES string of the molecule is Cc1oc(-c2ccccc2CF)cc1COc1ccc(SC(C)(C)C=O)cc1. The van der Waals surface area contributed by atoms with Crippen LogP contribution in [0.25, 0.3) is 11.3 Å². The highest BCUT2D eigenvalue weighted by molar-refractivity contribution is 8.01. The van der Waals surface area contributed by atoms with Crippen LogP contribution < -0.4 is 4.74 Å². The minimum absolute atomic E-state index is 0.361. The van der Waals surface area contributed by atoms with E-state index in [-0.39, 0.29) is 0 Å². The Morgan fingerprint density at radius 1 is 1.11 bits per heavy atom. The van der Waals surface area contributed by atoms with E-state index >= 15 is 0 Å². The molecule has 0 unspecified atom stereocenters. The smallest absolute Gasteiger partial charge is 0.135 e. The molecule has 0 aliphatic carbocycles. The number of alkyl halides is 1. The molecule has 1 aromatic heterocycles. The van der Waals surface area contributed by atoms with Crippen molar-refractivity contribution in [2.45, 2.75) is 43.7 Å². The summed E-state index contributed by atoms with van der Waals surface area (Å²) >= 11 is 1.51. The first-order valence-corrected chi connectivity index (χ1v) is 9.85. The molecule has 2 aromatic carbocycles. The minimum Gasteiger partial charge on any atom is -0.489 e. The van der Waals surface area contributed by atoms with Gasteiger partial charge < -0.3 is 13.9 Å². The maximum absolute atomic E-state index is 13.2. The molecule has 28 heavy (non-hydrogen) atoms. The second-order valence-corrected chi connectivity index (χ2v) is 8.79. The summed E-state index contributed by atoms with van der Waals surface area (Å²) in [5.74, 6) is 2.13. The normalized spacial score (nSPS) is 11.4. The molecule has 0 atom stereocenters. The van der Waals surface area contributed by atoms with E-state index in [4.69, 9.17) is 9.15 Å². The van der Waals surface area contributed by atoms with Crippen molar-refractivity contribution in [3.05, 3.63) is 71.5 Å². The molecule has 0 spiro atoms. The fourth-order valence-corrected chi connectivity index (χ4v) is 3.69. The standard InChI is InChI=1S/C23H23FO3S/c1-16-18(12-22(27-16)21-7-5-4-6-17(21)13-24)14-26-19-8-10-20(11-9-19)28-23(2,3)15-25/h4-12,15H,13-14H2,1-3H3. The van der Waals surface area contributed by atoms with E-state index in [0.717, 1.165) is 33.8 Å². The summed E-state index contributed by atoms with van der Waals surface area (Å²) < 4.78 is 24.5.